The highest BCUT2D eigenvalue weighted by atomic mass is 15.0. The lowest BCUT2D eigenvalue weighted by Crippen LogP contribution is -2.06. The molecule has 0 amide bonds. The predicted octanol–water partition coefficient (Wildman–Crippen LogP) is 2.97. The number of aryl methyl sites for hydroxylation is 1. The van der Waals surface area contributed by atoms with Gasteiger partial charge in [-0.2, -0.15) is 0 Å². The SMILES string of the molecule is Cc1nc(N)nc(C2=CCCCC2)c1-c1ccc(N)nc1. The van der Waals surface area contributed by atoms with Crippen LogP contribution in [0.5, 0.6) is 0 Å². The number of allylic oxidation sites excluding steroid dienone is 2. The molecule has 0 radical (unpaired) electrons. The Balaban J connectivity index is 2.18. The first-order valence-corrected chi connectivity index (χ1v) is 7.20. The molecule has 0 aliphatic heterocycles. The summed E-state index contributed by atoms with van der Waals surface area (Å²) in [4.78, 5) is 13.0. The highest BCUT2D eigenvalue weighted by molar-refractivity contribution is 5.81. The van der Waals surface area contributed by atoms with Crippen molar-refractivity contribution >= 4 is 17.3 Å². The lowest BCUT2D eigenvalue weighted by atomic mass is 9.92. The summed E-state index contributed by atoms with van der Waals surface area (Å²) in [7, 11) is 0. The number of rotatable bonds is 2. The molecular weight excluding hydrogens is 262 g/mol. The fourth-order valence-corrected chi connectivity index (χ4v) is 2.78. The van der Waals surface area contributed by atoms with E-state index in [0.29, 0.717) is 11.8 Å². The molecule has 0 fully saturated rings. The van der Waals surface area contributed by atoms with Gasteiger partial charge in [-0.15, -0.1) is 0 Å². The zero-order valence-corrected chi connectivity index (χ0v) is 12.1. The summed E-state index contributed by atoms with van der Waals surface area (Å²) in [6, 6.07) is 3.75. The van der Waals surface area contributed by atoms with Crippen LogP contribution in [0.1, 0.15) is 37.1 Å². The second-order valence-corrected chi connectivity index (χ2v) is 5.34. The fraction of sp³-hybridized carbons (Fsp3) is 0.312. The van der Waals surface area contributed by atoms with E-state index >= 15 is 0 Å². The molecule has 0 spiro atoms. The first-order valence-electron chi connectivity index (χ1n) is 7.20. The molecular formula is C16H19N5. The zero-order valence-electron chi connectivity index (χ0n) is 12.1. The van der Waals surface area contributed by atoms with Crippen LogP contribution in [0.15, 0.2) is 24.4 Å². The Bertz CT molecular complexity index is 689. The molecule has 0 unspecified atom stereocenters. The van der Waals surface area contributed by atoms with Gasteiger partial charge in [0.25, 0.3) is 0 Å². The number of pyridine rings is 1. The number of nitrogen functional groups attached to an aromatic ring is 2. The Morgan fingerprint density at radius 3 is 2.62 bits per heavy atom. The van der Waals surface area contributed by atoms with Gasteiger partial charge in [-0.25, -0.2) is 15.0 Å². The maximum Gasteiger partial charge on any atom is 0.220 e. The second-order valence-electron chi connectivity index (χ2n) is 5.34. The second kappa shape index (κ2) is 5.52. The molecule has 4 N–H and O–H groups in total. The Morgan fingerprint density at radius 2 is 1.95 bits per heavy atom. The van der Waals surface area contributed by atoms with Crippen molar-refractivity contribution in [3.8, 4) is 11.1 Å². The first kappa shape index (κ1) is 13.5. The molecule has 0 saturated heterocycles. The quantitative estimate of drug-likeness (QED) is 0.883. The summed E-state index contributed by atoms with van der Waals surface area (Å²) in [5, 5.41) is 0. The summed E-state index contributed by atoms with van der Waals surface area (Å²) in [5.41, 5.74) is 16.6. The number of anilines is 2. The van der Waals surface area contributed by atoms with Gasteiger partial charge in [0, 0.05) is 17.3 Å². The molecule has 21 heavy (non-hydrogen) atoms. The van der Waals surface area contributed by atoms with Gasteiger partial charge in [-0.05, 0) is 50.3 Å². The molecule has 0 atom stereocenters. The maximum absolute atomic E-state index is 5.85. The van der Waals surface area contributed by atoms with Crippen LogP contribution >= 0.6 is 0 Å². The molecule has 2 aromatic heterocycles. The molecule has 3 rings (SSSR count). The van der Waals surface area contributed by atoms with Crippen LogP contribution in [-0.2, 0) is 0 Å². The minimum Gasteiger partial charge on any atom is -0.384 e. The lowest BCUT2D eigenvalue weighted by Gasteiger charge is -2.17. The Kier molecular flexibility index (Phi) is 3.56. The van der Waals surface area contributed by atoms with Crippen molar-refractivity contribution in [2.45, 2.75) is 32.6 Å². The summed E-state index contributed by atoms with van der Waals surface area (Å²) in [5.74, 6) is 0.826. The minimum atomic E-state index is 0.320. The van der Waals surface area contributed by atoms with Gasteiger partial charge in [0.05, 0.1) is 11.4 Å². The molecule has 108 valence electrons. The van der Waals surface area contributed by atoms with Crippen molar-refractivity contribution in [2.24, 2.45) is 0 Å². The summed E-state index contributed by atoms with van der Waals surface area (Å²) in [6.45, 7) is 1.95. The number of hydrogen-bond donors (Lipinski definition) is 2. The highest BCUT2D eigenvalue weighted by Crippen LogP contribution is 2.34. The van der Waals surface area contributed by atoms with Crippen LogP contribution in [0.2, 0.25) is 0 Å². The van der Waals surface area contributed by atoms with Crippen LogP contribution in [0.25, 0.3) is 16.7 Å². The van der Waals surface area contributed by atoms with Crippen LogP contribution in [0, 0.1) is 6.92 Å². The van der Waals surface area contributed by atoms with E-state index < -0.39 is 0 Å². The summed E-state index contributed by atoms with van der Waals surface area (Å²) < 4.78 is 0. The van der Waals surface area contributed by atoms with Crippen molar-refractivity contribution in [2.75, 3.05) is 11.5 Å². The average Bonchev–Trinajstić information content (AvgIpc) is 2.49. The monoisotopic (exact) mass is 281 g/mol. The van der Waals surface area contributed by atoms with Gasteiger partial charge < -0.3 is 11.5 Å². The lowest BCUT2D eigenvalue weighted by molar-refractivity contribution is 0.739. The van der Waals surface area contributed by atoms with Gasteiger partial charge in [-0.1, -0.05) is 6.08 Å². The molecule has 2 aromatic rings. The van der Waals surface area contributed by atoms with E-state index in [1.807, 2.05) is 13.0 Å². The van der Waals surface area contributed by atoms with Gasteiger partial charge in [0.2, 0.25) is 5.95 Å². The van der Waals surface area contributed by atoms with Crippen LogP contribution < -0.4 is 11.5 Å². The van der Waals surface area contributed by atoms with Gasteiger partial charge in [0.1, 0.15) is 5.82 Å². The maximum atomic E-state index is 5.85. The largest absolute Gasteiger partial charge is 0.384 e. The fourth-order valence-electron chi connectivity index (χ4n) is 2.78. The van der Waals surface area contributed by atoms with E-state index in [2.05, 4.69) is 21.0 Å². The number of nitrogens with zero attached hydrogens (tertiary/aromatic N) is 3. The predicted molar refractivity (Wildman–Crippen MR) is 85.3 cm³/mol. The summed E-state index contributed by atoms with van der Waals surface area (Å²) >= 11 is 0. The van der Waals surface area contributed by atoms with E-state index in [1.165, 1.54) is 18.4 Å². The molecule has 2 heterocycles. The zero-order chi connectivity index (χ0) is 14.8. The Hall–Kier alpha value is -2.43. The third-order valence-corrected chi connectivity index (χ3v) is 3.78. The standard InChI is InChI=1S/C16H19N5/c1-10-14(12-7-8-13(17)19-9-12)15(21-16(18)20-10)11-5-3-2-4-6-11/h5,7-9H,2-4,6H2,1H3,(H2,17,19)(H2,18,20,21). The highest BCUT2D eigenvalue weighted by Gasteiger charge is 2.17. The van der Waals surface area contributed by atoms with Gasteiger partial charge in [0.15, 0.2) is 0 Å². The Labute approximate surface area is 124 Å². The van der Waals surface area contributed by atoms with Crippen molar-refractivity contribution in [1.29, 1.82) is 0 Å². The van der Waals surface area contributed by atoms with Crippen molar-refractivity contribution in [3.63, 3.8) is 0 Å². The number of hydrogen-bond acceptors (Lipinski definition) is 5. The van der Waals surface area contributed by atoms with E-state index in [4.69, 9.17) is 11.5 Å². The third-order valence-electron chi connectivity index (χ3n) is 3.78. The average molecular weight is 281 g/mol. The smallest absolute Gasteiger partial charge is 0.220 e. The van der Waals surface area contributed by atoms with Crippen LogP contribution in [0.4, 0.5) is 11.8 Å². The van der Waals surface area contributed by atoms with E-state index in [0.717, 1.165) is 35.4 Å². The van der Waals surface area contributed by atoms with Crippen molar-refractivity contribution in [1.82, 2.24) is 15.0 Å². The van der Waals surface area contributed by atoms with Gasteiger partial charge in [-0.3, -0.25) is 0 Å². The molecule has 1 aliphatic carbocycles. The topological polar surface area (TPSA) is 90.7 Å². The minimum absolute atomic E-state index is 0.320. The third kappa shape index (κ3) is 2.72. The molecule has 5 heteroatoms. The molecule has 0 saturated carbocycles. The van der Waals surface area contributed by atoms with E-state index in [1.54, 1.807) is 12.3 Å². The van der Waals surface area contributed by atoms with E-state index in [-0.39, 0.29) is 0 Å². The molecule has 5 nitrogen and oxygen atoms in total. The summed E-state index contributed by atoms with van der Waals surface area (Å²) in [6.07, 6.45) is 8.59. The molecule has 0 aromatic carbocycles. The normalized spacial score (nSPS) is 14.8. The van der Waals surface area contributed by atoms with E-state index in [9.17, 15) is 0 Å². The van der Waals surface area contributed by atoms with Crippen molar-refractivity contribution in [3.05, 3.63) is 35.8 Å². The van der Waals surface area contributed by atoms with Crippen molar-refractivity contribution < 1.29 is 0 Å². The van der Waals surface area contributed by atoms with Crippen LogP contribution in [0.3, 0.4) is 0 Å². The van der Waals surface area contributed by atoms with Gasteiger partial charge >= 0.3 is 0 Å². The number of aromatic nitrogens is 3. The first-order chi connectivity index (χ1) is 10.1. The molecule has 0 bridgehead atoms. The Morgan fingerprint density at radius 1 is 1.10 bits per heavy atom. The number of nitrogens with two attached hydrogens (primary N) is 2. The van der Waals surface area contributed by atoms with Crippen LogP contribution in [-0.4, -0.2) is 15.0 Å². The molecule has 1 aliphatic rings.